The van der Waals surface area contributed by atoms with Crippen molar-refractivity contribution in [3.05, 3.63) is 23.8 Å². The monoisotopic (exact) mass is 289 g/mol. The van der Waals surface area contributed by atoms with Crippen LogP contribution in [0.3, 0.4) is 0 Å². The molecule has 2 aliphatic heterocycles. The standard InChI is InChI=1S/C16H23N3O2/c1-18-7-9-19(10-8-18)6-2-3-13-4-5-15-14(11-13)17-16(20)12-21-15/h4-5,11H,2-3,6-10,12H2,1H3,(H,17,20). The number of aryl methyl sites for hydroxylation is 1. The number of nitrogens with one attached hydrogen (secondary N) is 1. The van der Waals surface area contributed by atoms with Crippen molar-refractivity contribution in [2.24, 2.45) is 0 Å². The summed E-state index contributed by atoms with van der Waals surface area (Å²) in [7, 11) is 2.18. The average Bonchev–Trinajstić information content (AvgIpc) is 2.49. The molecule has 0 saturated carbocycles. The highest BCUT2D eigenvalue weighted by atomic mass is 16.5. The van der Waals surface area contributed by atoms with E-state index < -0.39 is 0 Å². The van der Waals surface area contributed by atoms with E-state index in [1.165, 1.54) is 31.7 Å². The number of rotatable bonds is 4. The first kappa shape index (κ1) is 14.4. The number of amides is 1. The third kappa shape index (κ3) is 3.74. The van der Waals surface area contributed by atoms with Crippen molar-refractivity contribution in [1.82, 2.24) is 9.80 Å². The highest BCUT2D eigenvalue weighted by molar-refractivity contribution is 5.95. The van der Waals surface area contributed by atoms with Crippen LogP contribution in [0.1, 0.15) is 12.0 Å². The zero-order chi connectivity index (χ0) is 14.7. The molecule has 3 rings (SSSR count). The Labute approximate surface area is 125 Å². The molecule has 1 N–H and O–H groups in total. The summed E-state index contributed by atoms with van der Waals surface area (Å²) < 4.78 is 5.38. The zero-order valence-electron chi connectivity index (χ0n) is 12.6. The number of hydrogen-bond acceptors (Lipinski definition) is 4. The molecule has 0 aliphatic carbocycles. The van der Waals surface area contributed by atoms with E-state index in [4.69, 9.17) is 4.74 Å². The molecule has 1 saturated heterocycles. The van der Waals surface area contributed by atoms with Crippen molar-refractivity contribution in [3.8, 4) is 5.75 Å². The average molecular weight is 289 g/mol. The Kier molecular flexibility index (Phi) is 4.41. The van der Waals surface area contributed by atoms with Crippen molar-refractivity contribution < 1.29 is 9.53 Å². The highest BCUT2D eigenvalue weighted by Gasteiger charge is 2.16. The third-order valence-electron chi connectivity index (χ3n) is 4.21. The number of hydrogen-bond donors (Lipinski definition) is 1. The van der Waals surface area contributed by atoms with Crippen LogP contribution < -0.4 is 10.1 Å². The Morgan fingerprint density at radius 2 is 2.05 bits per heavy atom. The first-order chi connectivity index (χ1) is 10.2. The molecule has 2 aliphatic rings. The minimum Gasteiger partial charge on any atom is -0.482 e. The van der Waals surface area contributed by atoms with Gasteiger partial charge in [-0.2, -0.15) is 0 Å². The molecule has 1 aromatic rings. The fraction of sp³-hybridized carbons (Fsp3) is 0.562. The molecule has 2 heterocycles. The van der Waals surface area contributed by atoms with Gasteiger partial charge in [-0.3, -0.25) is 4.79 Å². The summed E-state index contributed by atoms with van der Waals surface area (Å²) in [5.74, 6) is 0.703. The quantitative estimate of drug-likeness (QED) is 0.904. The Morgan fingerprint density at radius 3 is 2.86 bits per heavy atom. The maximum atomic E-state index is 11.3. The number of nitrogens with zero attached hydrogens (tertiary/aromatic N) is 2. The molecule has 5 heteroatoms. The molecule has 5 nitrogen and oxygen atoms in total. The van der Waals surface area contributed by atoms with E-state index in [1.54, 1.807) is 0 Å². The molecule has 1 aromatic carbocycles. The van der Waals surface area contributed by atoms with Crippen LogP contribution in [0.4, 0.5) is 5.69 Å². The first-order valence-electron chi connectivity index (χ1n) is 7.67. The van der Waals surface area contributed by atoms with Gasteiger partial charge in [0.25, 0.3) is 5.91 Å². The summed E-state index contributed by atoms with van der Waals surface area (Å²) in [6.45, 7) is 5.95. The number of likely N-dealkylation sites (N-methyl/N-ethyl adjacent to an activating group) is 1. The van der Waals surface area contributed by atoms with Gasteiger partial charge in [0.15, 0.2) is 6.61 Å². The van der Waals surface area contributed by atoms with Gasteiger partial charge in [-0.1, -0.05) is 6.07 Å². The number of benzene rings is 1. The van der Waals surface area contributed by atoms with Crippen LogP contribution in [0.5, 0.6) is 5.75 Å². The van der Waals surface area contributed by atoms with E-state index in [0.29, 0.717) is 0 Å². The van der Waals surface area contributed by atoms with E-state index in [-0.39, 0.29) is 12.5 Å². The number of carbonyl (C=O) groups is 1. The molecule has 0 unspecified atom stereocenters. The van der Waals surface area contributed by atoms with E-state index in [9.17, 15) is 4.79 Å². The number of carbonyl (C=O) groups excluding carboxylic acids is 1. The minimum atomic E-state index is -0.0721. The second-order valence-corrected chi connectivity index (χ2v) is 5.92. The van der Waals surface area contributed by atoms with Crippen molar-refractivity contribution in [2.75, 3.05) is 51.7 Å². The SMILES string of the molecule is CN1CCN(CCCc2ccc3c(c2)NC(=O)CO3)CC1. The van der Waals surface area contributed by atoms with Gasteiger partial charge in [0.05, 0.1) is 5.69 Å². The van der Waals surface area contributed by atoms with E-state index in [2.05, 4.69) is 28.2 Å². The molecule has 0 atom stereocenters. The maximum Gasteiger partial charge on any atom is 0.262 e. The summed E-state index contributed by atoms with van der Waals surface area (Å²) in [5.41, 5.74) is 2.07. The molecule has 1 amide bonds. The molecule has 0 aromatic heterocycles. The van der Waals surface area contributed by atoms with Crippen LogP contribution in [-0.4, -0.2) is 62.1 Å². The molecular formula is C16H23N3O2. The molecule has 114 valence electrons. The summed E-state index contributed by atoms with van der Waals surface area (Å²) >= 11 is 0. The van der Waals surface area contributed by atoms with Gasteiger partial charge in [0, 0.05) is 26.2 Å². The number of ether oxygens (including phenoxy) is 1. The largest absolute Gasteiger partial charge is 0.482 e. The van der Waals surface area contributed by atoms with Crippen LogP contribution in [0.2, 0.25) is 0 Å². The Morgan fingerprint density at radius 1 is 1.24 bits per heavy atom. The van der Waals surface area contributed by atoms with Crippen LogP contribution in [0.25, 0.3) is 0 Å². The van der Waals surface area contributed by atoms with Crippen LogP contribution >= 0.6 is 0 Å². The summed E-state index contributed by atoms with van der Waals surface area (Å²) in [5, 5.41) is 2.87. The second kappa shape index (κ2) is 6.45. The van der Waals surface area contributed by atoms with E-state index in [0.717, 1.165) is 30.8 Å². The zero-order valence-corrected chi connectivity index (χ0v) is 12.6. The predicted molar refractivity (Wildman–Crippen MR) is 82.8 cm³/mol. The van der Waals surface area contributed by atoms with Crippen molar-refractivity contribution >= 4 is 11.6 Å². The fourth-order valence-electron chi connectivity index (χ4n) is 2.86. The number of fused-ring (bicyclic) bond motifs is 1. The molecule has 0 radical (unpaired) electrons. The highest BCUT2D eigenvalue weighted by Crippen LogP contribution is 2.28. The lowest BCUT2D eigenvalue weighted by Crippen LogP contribution is -2.44. The number of piperazine rings is 1. The smallest absolute Gasteiger partial charge is 0.262 e. The molecule has 0 bridgehead atoms. The van der Waals surface area contributed by atoms with E-state index in [1.807, 2.05) is 12.1 Å². The summed E-state index contributed by atoms with van der Waals surface area (Å²) in [6, 6.07) is 6.09. The third-order valence-corrected chi connectivity index (χ3v) is 4.21. The Balaban J connectivity index is 1.49. The Hall–Kier alpha value is -1.59. The molecule has 0 spiro atoms. The maximum absolute atomic E-state index is 11.3. The topological polar surface area (TPSA) is 44.8 Å². The van der Waals surface area contributed by atoms with Crippen molar-refractivity contribution in [2.45, 2.75) is 12.8 Å². The minimum absolute atomic E-state index is 0.0721. The van der Waals surface area contributed by atoms with Gasteiger partial charge in [-0.25, -0.2) is 0 Å². The molecular weight excluding hydrogens is 266 g/mol. The van der Waals surface area contributed by atoms with Gasteiger partial charge < -0.3 is 19.9 Å². The van der Waals surface area contributed by atoms with Crippen molar-refractivity contribution in [1.29, 1.82) is 0 Å². The van der Waals surface area contributed by atoms with Gasteiger partial charge in [0.2, 0.25) is 0 Å². The normalized spacial score (nSPS) is 19.8. The fourth-order valence-corrected chi connectivity index (χ4v) is 2.86. The lowest BCUT2D eigenvalue weighted by Gasteiger charge is -2.32. The van der Waals surface area contributed by atoms with Gasteiger partial charge in [0.1, 0.15) is 5.75 Å². The van der Waals surface area contributed by atoms with Gasteiger partial charge in [-0.05, 0) is 44.1 Å². The van der Waals surface area contributed by atoms with Gasteiger partial charge >= 0.3 is 0 Å². The van der Waals surface area contributed by atoms with Crippen LogP contribution in [-0.2, 0) is 11.2 Å². The second-order valence-electron chi connectivity index (χ2n) is 5.92. The first-order valence-corrected chi connectivity index (χ1v) is 7.67. The van der Waals surface area contributed by atoms with Gasteiger partial charge in [-0.15, -0.1) is 0 Å². The molecule has 1 fully saturated rings. The van der Waals surface area contributed by atoms with Crippen LogP contribution in [0.15, 0.2) is 18.2 Å². The summed E-state index contributed by atoms with van der Waals surface area (Å²) in [6.07, 6.45) is 2.19. The lowest BCUT2D eigenvalue weighted by atomic mass is 10.1. The lowest BCUT2D eigenvalue weighted by molar-refractivity contribution is -0.118. The Bertz CT molecular complexity index is 510. The number of anilines is 1. The van der Waals surface area contributed by atoms with E-state index >= 15 is 0 Å². The molecule has 21 heavy (non-hydrogen) atoms. The van der Waals surface area contributed by atoms with Crippen LogP contribution in [0, 0.1) is 0 Å². The predicted octanol–water partition coefficient (Wildman–Crippen LogP) is 1.20. The van der Waals surface area contributed by atoms with Crippen molar-refractivity contribution in [3.63, 3.8) is 0 Å². The summed E-state index contributed by atoms with van der Waals surface area (Å²) in [4.78, 5) is 16.2.